The average molecular weight is 464 g/mol. The summed E-state index contributed by atoms with van der Waals surface area (Å²) >= 11 is 0. The number of hydrogen-bond donors (Lipinski definition) is 2. The molecule has 1 aliphatic rings. The van der Waals surface area contributed by atoms with Crippen LogP contribution < -0.4 is 4.90 Å². The fourth-order valence-corrected chi connectivity index (χ4v) is 5.33. The number of Topliss-reactive ketones (excluding diaryl/α,β-unsaturated/α-hetero) is 1. The molecule has 6 heteroatoms. The fourth-order valence-electron chi connectivity index (χ4n) is 5.33. The number of hydrogen-bond acceptors (Lipinski definition) is 4. The van der Waals surface area contributed by atoms with Crippen molar-refractivity contribution >= 4 is 33.3 Å². The van der Waals surface area contributed by atoms with Crippen LogP contribution >= 0.6 is 0 Å². The zero-order valence-corrected chi connectivity index (χ0v) is 20.4. The largest absolute Gasteiger partial charge is 0.369 e. The van der Waals surface area contributed by atoms with Crippen molar-refractivity contribution in [2.24, 2.45) is 0 Å². The van der Waals surface area contributed by atoms with Gasteiger partial charge in [0.1, 0.15) is 0 Å². The summed E-state index contributed by atoms with van der Waals surface area (Å²) in [6, 6.07) is 21.0. The Morgan fingerprint density at radius 1 is 0.943 bits per heavy atom. The Bertz CT molecular complexity index is 1560. The second-order valence-corrected chi connectivity index (χ2v) is 9.54. The van der Waals surface area contributed by atoms with E-state index in [1.54, 1.807) is 6.92 Å². The molecule has 35 heavy (non-hydrogen) atoms. The van der Waals surface area contributed by atoms with E-state index in [1.165, 1.54) is 5.69 Å². The molecule has 3 aromatic carbocycles. The molecule has 0 unspecified atom stereocenters. The van der Waals surface area contributed by atoms with E-state index in [0.717, 1.165) is 81.9 Å². The van der Waals surface area contributed by atoms with Crippen LogP contribution in [-0.2, 0) is 0 Å². The number of rotatable bonds is 4. The highest BCUT2D eigenvalue weighted by atomic mass is 16.1. The van der Waals surface area contributed by atoms with Crippen LogP contribution in [0.5, 0.6) is 0 Å². The van der Waals surface area contributed by atoms with Crippen molar-refractivity contribution in [2.75, 3.05) is 38.1 Å². The van der Waals surface area contributed by atoms with Gasteiger partial charge in [0.15, 0.2) is 11.6 Å². The van der Waals surface area contributed by atoms with Gasteiger partial charge in [-0.15, -0.1) is 0 Å². The third-order valence-corrected chi connectivity index (χ3v) is 7.17. The van der Waals surface area contributed by atoms with Gasteiger partial charge in [-0.25, -0.2) is 4.98 Å². The molecule has 0 amide bonds. The zero-order chi connectivity index (χ0) is 24.1. The Hall–Kier alpha value is -3.90. The Labute approximate surface area is 204 Å². The molecule has 176 valence electrons. The van der Waals surface area contributed by atoms with Crippen molar-refractivity contribution < 1.29 is 4.79 Å². The predicted octanol–water partition coefficient (Wildman–Crippen LogP) is 5.64. The maximum atomic E-state index is 12.8. The minimum absolute atomic E-state index is 0.0430. The van der Waals surface area contributed by atoms with Crippen LogP contribution in [0.25, 0.3) is 44.5 Å². The summed E-state index contributed by atoms with van der Waals surface area (Å²) in [4.78, 5) is 29.6. The van der Waals surface area contributed by atoms with E-state index in [4.69, 9.17) is 4.98 Å². The van der Waals surface area contributed by atoms with Crippen LogP contribution in [0.1, 0.15) is 23.0 Å². The first-order chi connectivity index (χ1) is 17.0. The maximum Gasteiger partial charge on any atom is 0.162 e. The number of nitrogens with zero attached hydrogens (tertiary/aromatic N) is 3. The number of aromatic nitrogens is 3. The van der Waals surface area contributed by atoms with Crippen LogP contribution in [-0.4, -0.2) is 58.9 Å². The molecule has 0 aliphatic carbocycles. The number of anilines is 1. The maximum absolute atomic E-state index is 12.8. The van der Waals surface area contributed by atoms with E-state index in [0.29, 0.717) is 0 Å². The monoisotopic (exact) mass is 463 g/mol. The Balaban J connectivity index is 1.51. The van der Waals surface area contributed by atoms with Crippen molar-refractivity contribution in [1.29, 1.82) is 0 Å². The summed E-state index contributed by atoms with van der Waals surface area (Å²) in [5, 5.41) is 2.26. The SMILES string of the molecule is CC(=O)c1c(C)[nH]c(-c2nc3ccc(N4CCN(C)CC4)cc3[nH]2)c1-c1cccc2ccccc12. The number of carbonyl (C=O) groups is 1. The quantitative estimate of drug-likeness (QED) is 0.339. The Kier molecular flexibility index (Phi) is 5.19. The second-order valence-electron chi connectivity index (χ2n) is 9.54. The van der Waals surface area contributed by atoms with Crippen LogP contribution in [0.3, 0.4) is 0 Å². The van der Waals surface area contributed by atoms with Gasteiger partial charge < -0.3 is 19.8 Å². The van der Waals surface area contributed by atoms with Crippen molar-refractivity contribution in [3.63, 3.8) is 0 Å². The Morgan fingerprint density at radius 3 is 2.51 bits per heavy atom. The topological polar surface area (TPSA) is 68.0 Å². The van der Waals surface area contributed by atoms with Gasteiger partial charge in [-0.1, -0.05) is 42.5 Å². The summed E-state index contributed by atoms with van der Waals surface area (Å²) < 4.78 is 0. The number of likely N-dealkylation sites (N-methyl/N-ethyl adjacent to an activating group) is 1. The van der Waals surface area contributed by atoms with E-state index in [9.17, 15) is 4.79 Å². The molecular formula is C29H29N5O. The summed E-state index contributed by atoms with van der Waals surface area (Å²) in [5.74, 6) is 0.787. The molecule has 1 saturated heterocycles. The average Bonchev–Trinajstić information content (AvgIpc) is 3.44. The lowest BCUT2D eigenvalue weighted by Gasteiger charge is -2.34. The molecule has 0 bridgehead atoms. The lowest BCUT2D eigenvalue weighted by atomic mass is 9.93. The second kappa shape index (κ2) is 8.40. The zero-order valence-electron chi connectivity index (χ0n) is 20.4. The van der Waals surface area contributed by atoms with Crippen molar-refractivity contribution in [3.8, 4) is 22.6 Å². The number of carbonyl (C=O) groups excluding carboxylic acids is 1. The first-order valence-electron chi connectivity index (χ1n) is 12.1. The molecular weight excluding hydrogens is 434 g/mol. The van der Waals surface area contributed by atoms with E-state index < -0.39 is 0 Å². The summed E-state index contributed by atoms with van der Waals surface area (Å²) in [6.07, 6.45) is 0. The van der Waals surface area contributed by atoms with Crippen molar-refractivity contribution in [3.05, 3.63) is 71.9 Å². The highest BCUT2D eigenvalue weighted by Gasteiger charge is 2.24. The number of piperazine rings is 1. The number of imidazole rings is 1. The molecule has 6 nitrogen and oxygen atoms in total. The molecule has 6 rings (SSSR count). The highest BCUT2D eigenvalue weighted by Crippen LogP contribution is 2.40. The number of H-pyrrole nitrogens is 2. The molecule has 2 N–H and O–H groups in total. The van der Waals surface area contributed by atoms with Gasteiger partial charge in [-0.2, -0.15) is 0 Å². The van der Waals surface area contributed by atoms with Crippen LogP contribution in [0, 0.1) is 6.92 Å². The summed E-state index contributed by atoms with van der Waals surface area (Å²) in [5.41, 5.74) is 7.49. The number of fused-ring (bicyclic) bond motifs is 2. The molecule has 0 radical (unpaired) electrons. The molecule has 0 atom stereocenters. The smallest absolute Gasteiger partial charge is 0.162 e. The van der Waals surface area contributed by atoms with Crippen molar-refractivity contribution in [1.82, 2.24) is 19.9 Å². The predicted molar refractivity (Wildman–Crippen MR) is 143 cm³/mol. The number of aryl methyl sites for hydroxylation is 1. The van der Waals surface area contributed by atoms with Crippen LogP contribution in [0.2, 0.25) is 0 Å². The molecule has 1 fully saturated rings. The van der Waals surface area contributed by atoms with Gasteiger partial charge in [0.05, 0.1) is 16.7 Å². The van der Waals surface area contributed by atoms with Crippen LogP contribution in [0.15, 0.2) is 60.7 Å². The van der Waals surface area contributed by atoms with Gasteiger partial charge >= 0.3 is 0 Å². The molecule has 2 aromatic heterocycles. The van der Waals surface area contributed by atoms with E-state index in [2.05, 4.69) is 75.3 Å². The number of nitrogens with one attached hydrogen (secondary N) is 2. The van der Waals surface area contributed by atoms with E-state index in [1.807, 2.05) is 19.1 Å². The van der Waals surface area contributed by atoms with E-state index >= 15 is 0 Å². The highest BCUT2D eigenvalue weighted by molar-refractivity contribution is 6.10. The minimum atomic E-state index is 0.0430. The standard InChI is InChI=1S/C29H29N5O/c1-18-26(19(2)35)27(23-10-6-8-20-7-4-5-9-22(20)23)28(30-18)29-31-24-12-11-21(17-25(24)32-29)34-15-13-33(3)14-16-34/h4-12,17,30H,13-16H2,1-3H3,(H,31,32). The third kappa shape index (κ3) is 3.70. The molecule has 1 aliphatic heterocycles. The molecule has 0 spiro atoms. The first kappa shape index (κ1) is 21.6. The van der Waals surface area contributed by atoms with Gasteiger partial charge in [0.25, 0.3) is 0 Å². The van der Waals surface area contributed by atoms with Gasteiger partial charge in [-0.3, -0.25) is 4.79 Å². The lowest BCUT2D eigenvalue weighted by molar-refractivity contribution is 0.101. The van der Waals surface area contributed by atoms with Gasteiger partial charge in [0, 0.05) is 48.7 Å². The summed E-state index contributed by atoms with van der Waals surface area (Å²) in [6.45, 7) is 7.77. The first-order valence-corrected chi connectivity index (χ1v) is 12.1. The van der Waals surface area contributed by atoms with Gasteiger partial charge in [0.2, 0.25) is 0 Å². The summed E-state index contributed by atoms with van der Waals surface area (Å²) in [7, 11) is 2.17. The lowest BCUT2D eigenvalue weighted by Crippen LogP contribution is -2.44. The number of ketones is 1. The van der Waals surface area contributed by atoms with Crippen molar-refractivity contribution in [2.45, 2.75) is 13.8 Å². The molecule has 5 aromatic rings. The Morgan fingerprint density at radius 2 is 1.71 bits per heavy atom. The molecule has 3 heterocycles. The number of aromatic amines is 2. The fraction of sp³-hybridized carbons (Fsp3) is 0.241. The molecule has 0 saturated carbocycles. The third-order valence-electron chi connectivity index (χ3n) is 7.17. The normalized spacial score (nSPS) is 14.8. The number of benzene rings is 3. The van der Waals surface area contributed by atoms with E-state index in [-0.39, 0.29) is 5.78 Å². The minimum Gasteiger partial charge on any atom is -0.369 e. The van der Waals surface area contributed by atoms with Gasteiger partial charge in [-0.05, 0) is 55.4 Å². The van der Waals surface area contributed by atoms with Crippen LogP contribution in [0.4, 0.5) is 5.69 Å².